The highest BCUT2D eigenvalue weighted by molar-refractivity contribution is 7.13. The molecule has 5 nitrogen and oxygen atoms in total. The van der Waals surface area contributed by atoms with Crippen molar-refractivity contribution in [2.75, 3.05) is 31.1 Å². The van der Waals surface area contributed by atoms with Crippen LogP contribution in [0.4, 0.5) is 5.13 Å². The Kier molecular flexibility index (Phi) is 5.94. The van der Waals surface area contributed by atoms with E-state index in [2.05, 4.69) is 20.2 Å². The molecule has 1 saturated heterocycles. The Morgan fingerprint density at radius 1 is 1.11 bits per heavy atom. The molecule has 1 fully saturated rings. The SMILES string of the molecule is Cc1csc(N2CCCN(C(=O)Cc3csc(-c4ccccc4Cl)n3)CC2)n1. The molecule has 28 heavy (non-hydrogen) atoms. The van der Waals surface area contributed by atoms with E-state index in [9.17, 15) is 4.79 Å². The third kappa shape index (κ3) is 4.37. The standard InChI is InChI=1S/C20H21ClN4OS2/c1-14-12-28-20(22-14)25-8-4-7-24(9-10-25)18(26)11-15-13-27-19(23-15)16-5-2-3-6-17(16)21/h2-3,5-6,12-13H,4,7-11H2,1H3. The van der Waals surface area contributed by atoms with Gasteiger partial charge < -0.3 is 9.80 Å². The summed E-state index contributed by atoms with van der Waals surface area (Å²) in [5, 5.41) is 6.62. The number of aromatic nitrogens is 2. The molecular formula is C20H21ClN4OS2. The minimum absolute atomic E-state index is 0.133. The lowest BCUT2D eigenvalue weighted by molar-refractivity contribution is -0.130. The van der Waals surface area contributed by atoms with Crippen LogP contribution in [0.5, 0.6) is 0 Å². The fourth-order valence-corrected chi connectivity index (χ4v) is 5.26. The van der Waals surface area contributed by atoms with E-state index in [1.165, 1.54) is 11.3 Å². The lowest BCUT2D eigenvalue weighted by atomic mass is 10.2. The molecule has 0 aliphatic carbocycles. The Balaban J connectivity index is 1.38. The van der Waals surface area contributed by atoms with Crippen LogP contribution in [0.2, 0.25) is 5.02 Å². The summed E-state index contributed by atoms with van der Waals surface area (Å²) in [6, 6.07) is 7.66. The van der Waals surface area contributed by atoms with Crippen LogP contribution in [0.25, 0.3) is 10.6 Å². The summed E-state index contributed by atoms with van der Waals surface area (Å²) >= 11 is 9.46. The van der Waals surface area contributed by atoms with Crippen LogP contribution < -0.4 is 4.90 Å². The molecule has 1 aromatic carbocycles. The first kappa shape index (κ1) is 19.4. The van der Waals surface area contributed by atoms with E-state index in [0.29, 0.717) is 11.4 Å². The predicted octanol–water partition coefficient (Wildman–Crippen LogP) is 4.51. The van der Waals surface area contributed by atoms with Crippen LogP contribution in [0.1, 0.15) is 17.8 Å². The molecule has 0 N–H and O–H groups in total. The number of rotatable bonds is 4. The summed E-state index contributed by atoms with van der Waals surface area (Å²) in [5.74, 6) is 0.133. The van der Waals surface area contributed by atoms with Gasteiger partial charge in [0, 0.05) is 42.5 Å². The average molecular weight is 433 g/mol. The molecule has 1 aliphatic rings. The van der Waals surface area contributed by atoms with Crippen LogP contribution in [0.15, 0.2) is 35.0 Å². The number of hydrogen-bond acceptors (Lipinski definition) is 6. The lowest BCUT2D eigenvalue weighted by Crippen LogP contribution is -2.36. The monoisotopic (exact) mass is 432 g/mol. The van der Waals surface area contributed by atoms with Crippen molar-refractivity contribution in [2.45, 2.75) is 19.8 Å². The van der Waals surface area contributed by atoms with Gasteiger partial charge in [-0.1, -0.05) is 29.8 Å². The summed E-state index contributed by atoms with van der Waals surface area (Å²) in [4.78, 5) is 26.3. The second-order valence-electron chi connectivity index (χ2n) is 6.79. The van der Waals surface area contributed by atoms with Crippen LogP contribution in [0.3, 0.4) is 0 Å². The number of hydrogen-bond donors (Lipinski definition) is 0. The maximum absolute atomic E-state index is 12.8. The van der Waals surface area contributed by atoms with Gasteiger partial charge in [0.2, 0.25) is 5.91 Å². The summed E-state index contributed by atoms with van der Waals surface area (Å²) in [5.41, 5.74) is 2.77. The molecule has 0 saturated carbocycles. The van der Waals surface area contributed by atoms with Crippen LogP contribution in [-0.4, -0.2) is 47.0 Å². The molecular weight excluding hydrogens is 412 g/mol. The van der Waals surface area contributed by atoms with Crippen molar-refractivity contribution < 1.29 is 4.79 Å². The minimum Gasteiger partial charge on any atom is -0.346 e. The topological polar surface area (TPSA) is 49.3 Å². The first-order valence-electron chi connectivity index (χ1n) is 9.24. The van der Waals surface area contributed by atoms with Gasteiger partial charge in [0.05, 0.1) is 22.8 Å². The van der Waals surface area contributed by atoms with Crippen molar-refractivity contribution in [3.63, 3.8) is 0 Å². The number of amides is 1. The molecule has 4 rings (SSSR count). The molecule has 2 aromatic heterocycles. The molecule has 0 unspecified atom stereocenters. The zero-order valence-corrected chi connectivity index (χ0v) is 18.0. The molecule has 146 valence electrons. The second-order valence-corrected chi connectivity index (χ2v) is 8.90. The Morgan fingerprint density at radius 3 is 2.75 bits per heavy atom. The number of nitrogens with zero attached hydrogens (tertiary/aromatic N) is 4. The zero-order valence-electron chi connectivity index (χ0n) is 15.6. The van der Waals surface area contributed by atoms with Gasteiger partial charge in [0.1, 0.15) is 5.01 Å². The molecule has 1 aliphatic heterocycles. The second kappa shape index (κ2) is 8.59. The zero-order chi connectivity index (χ0) is 19.5. The smallest absolute Gasteiger partial charge is 0.228 e. The van der Waals surface area contributed by atoms with Gasteiger partial charge in [0.15, 0.2) is 5.13 Å². The van der Waals surface area contributed by atoms with Gasteiger partial charge in [-0.05, 0) is 19.4 Å². The molecule has 3 aromatic rings. The van der Waals surface area contributed by atoms with Crippen molar-refractivity contribution in [3.8, 4) is 10.6 Å². The first-order valence-corrected chi connectivity index (χ1v) is 11.4. The van der Waals surface area contributed by atoms with Crippen LogP contribution in [0, 0.1) is 6.92 Å². The fraction of sp³-hybridized carbons (Fsp3) is 0.350. The van der Waals surface area contributed by atoms with Crippen LogP contribution >= 0.6 is 34.3 Å². The maximum atomic E-state index is 12.8. The van der Waals surface area contributed by atoms with Crippen molar-refractivity contribution in [1.82, 2.24) is 14.9 Å². The molecule has 1 amide bonds. The van der Waals surface area contributed by atoms with Crippen molar-refractivity contribution in [3.05, 3.63) is 51.4 Å². The number of thiazole rings is 2. The highest BCUT2D eigenvalue weighted by Gasteiger charge is 2.21. The number of anilines is 1. The van der Waals surface area contributed by atoms with E-state index in [1.54, 1.807) is 11.3 Å². The van der Waals surface area contributed by atoms with Gasteiger partial charge in [-0.15, -0.1) is 22.7 Å². The average Bonchev–Trinajstić information content (AvgIpc) is 3.24. The molecule has 3 heterocycles. The fourth-order valence-electron chi connectivity index (χ4n) is 3.26. The van der Waals surface area contributed by atoms with Crippen molar-refractivity contribution in [2.24, 2.45) is 0 Å². The van der Waals surface area contributed by atoms with E-state index < -0.39 is 0 Å². The van der Waals surface area contributed by atoms with Gasteiger partial charge in [0.25, 0.3) is 0 Å². The normalized spacial score (nSPS) is 14.9. The number of halogens is 1. The van der Waals surface area contributed by atoms with E-state index in [4.69, 9.17) is 11.6 Å². The Labute approximate surface area is 177 Å². The van der Waals surface area contributed by atoms with Gasteiger partial charge in [-0.2, -0.15) is 0 Å². The molecule has 0 atom stereocenters. The van der Waals surface area contributed by atoms with Crippen molar-refractivity contribution in [1.29, 1.82) is 0 Å². The number of benzene rings is 1. The Morgan fingerprint density at radius 2 is 1.96 bits per heavy atom. The lowest BCUT2D eigenvalue weighted by Gasteiger charge is -2.21. The van der Waals surface area contributed by atoms with Crippen LogP contribution in [-0.2, 0) is 11.2 Å². The Hall–Kier alpha value is -1.96. The number of aryl methyl sites for hydroxylation is 1. The largest absolute Gasteiger partial charge is 0.346 e. The predicted molar refractivity (Wildman–Crippen MR) is 117 cm³/mol. The molecule has 0 radical (unpaired) electrons. The summed E-state index contributed by atoms with van der Waals surface area (Å²) in [6.45, 7) is 5.27. The summed E-state index contributed by atoms with van der Waals surface area (Å²) < 4.78 is 0. The number of carbonyl (C=O) groups is 1. The Bertz CT molecular complexity index is 971. The van der Waals surface area contributed by atoms with E-state index in [-0.39, 0.29) is 5.91 Å². The molecule has 0 bridgehead atoms. The highest BCUT2D eigenvalue weighted by Crippen LogP contribution is 2.30. The first-order chi connectivity index (χ1) is 13.6. The van der Waals surface area contributed by atoms with E-state index in [0.717, 1.165) is 59.7 Å². The highest BCUT2D eigenvalue weighted by atomic mass is 35.5. The van der Waals surface area contributed by atoms with E-state index >= 15 is 0 Å². The van der Waals surface area contributed by atoms with Gasteiger partial charge in [-0.3, -0.25) is 4.79 Å². The third-order valence-corrected chi connectivity index (χ3v) is 6.99. The summed E-state index contributed by atoms with van der Waals surface area (Å²) in [6.07, 6.45) is 1.28. The van der Waals surface area contributed by atoms with Gasteiger partial charge in [-0.25, -0.2) is 9.97 Å². The minimum atomic E-state index is 0.133. The number of carbonyl (C=O) groups excluding carboxylic acids is 1. The third-order valence-electron chi connectivity index (χ3n) is 4.71. The van der Waals surface area contributed by atoms with Gasteiger partial charge >= 0.3 is 0 Å². The molecule has 0 spiro atoms. The van der Waals surface area contributed by atoms with E-state index in [1.807, 2.05) is 41.5 Å². The quantitative estimate of drug-likeness (QED) is 0.608. The maximum Gasteiger partial charge on any atom is 0.228 e. The van der Waals surface area contributed by atoms with Crippen molar-refractivity contribution >= 4 is 45.3 Å². The summed E-state index contributed by atoms with van der Waals surface area (Å²) in [7, 11) is 0. The molecule has 8 heteroatoms.